The lowest BCUT2D eigenvalue weighted by Crippen LogP contribution is -2.39. The topological polar surface area (TPSA) is 32.8 Å². The van der Waals surface area contributed by atoms with E-state index in [-0.39, 0.29) is 5.91 Å². The molecule has 1 fully saturated rings. The van der Waals surface area contributed by atoms with Gasteiger partial charge in [-0.05, 0) is 36.8 Å². The monoisotopic (exact) mass is 462 g/mol. The molecule has 0 atom stereocenters. The smallest absolute Gasteiger partial charge is 0.223 e. The Labute approximate surface area is 206 Å². The summed E-state index contributed by atoms with van der Waals surface area (Å²) < 4.78 is 5.48. The molecule has 1 heterocycles. The number of nitrogens with zero attached hydrogens (tertiary/aromatic N) is 2. The number of benzene rings is 2. The van der Waals surface area contributed by atoms with E-state index in [1.165, 1.54) is 36.0 Å². The van der Waals surface area contributed by atoms with Crippen molar-refractivity contribution in [1.29, 1.82) is 0 Å². The summed E-state index contributed by atoms with van der Waals surface area (Å²) in [6, 6.07) is 20.9. The van der Waals surface area contributed by atoms with Gasteiger partial charge in [-0.3, -0.25) is 9.69 Å². The van der Waals surface area contributed by atoms with Crippen LogP contribution in [0.4, 0.5) is 0 Å². The fourth-order valence-corrected chi connectivity index (χ4v) is 4.48. The largest absolute Gasteiger partial charge is 0.379 e. The molecule has 0 N–H and O–H groups in total. The molecule has 4 heteroatoms. The normalized spacial score (nSPS) is 14.8. The lowest BCUT2D eigenvalue weighted by atomic mass is 10.0. The van der Waals surface area contributed by atoms with Gasteiger partial charge in [-0.25, -0.2) is 0 Å². The third-order valence-electron chi connectivity index (χ3n) is 6.49. The quantitative estimate of drug-likeness (QED) is 0.331. The maximum absolute atomic E-state index is 13.4. The summed E-state index contributed by atoms with van der Waals surface area (Å²) in [5.74, 6) is 0.264. The predicted molar refractivity (Wildman–Crippen MR) is 142 cm³/mol. The van der Waals surface area contributed by atoms with Crippen LogP contribution in [0.2, 0.25) is 0 Å². The molecule has 1 aliphatic rings. The molecule has 1 aliphatic heterocycles. The lowest BCUT2D eigenvalue weighted by Gasteiger charge is -2.29. The van der Waals surface area contributed by atoms with E-state index in [0.717, 1.165) is 65.2 Å². The minimum Gasteiger partial charge on any atom is -0.379 e. The van der Waals surface area contributed by atoms with Crippen molar-refractivity contribution in [3.05, 3.63) is 77.4 Å². The molecule has 0 spiro atoms. The first kappa shape index (κ1) is 26.2. The maximum Gasteiger partial charge on any atom is 0.223 e. The highest BCUT2D eigenvalue weighted by atomic mass is 16.5. The van der Waals surface area contributed by atoms with Gasteiger partial charge in [-0.2, -0.15) is 0 Å². The van der Waals surface area contributed by atoms with Crippen LogP contribution in [-0.4, -0.2) is 61.6 Å². The number of hydrogen-bond donors (Lipinski definition) is 0. The number of rotatable bonds is 14. The van der Waals surface area contributed by atoms with Crippen molar-refractivity contribution >= 4 is 12.0 Å². The molecule has 4 nitrogen and oxygen atoms in total. The first-order chi connectivity index (χ1) is 16.7. The molecule has 3 rings (SSSR count). The Bertz CT molecular complexity index is 845. The summed E-state index contributed by atoms with van der Waals surface area (Å²) in [7, 11) is 0. The highest BCUT2D eigenvalue weighted by Crippen LogP contribution is 2.17. The Balaban J connectivity index is 1.66. The van der Waals surface area contributed by atoms with Gasteiger partial charge in [0.25, 0.3) is 0 Å². The average molecular weight is 463 g/mol. The highest BCUT2D eigenvalue weighted by Gasteiger charge is 2.17. The molecule has 1 amide bonds. The van der Waals surface area contributed by atoms with Crippen molar-refractivity contribution in [3.8, 4) is 0 Å². The van der Waals surface area contributed by atoms with Crippen molar-refractivity contribution in [1.82, 2.24) is 9.80 Å². The van der Waals surface area contributed by atoms with Crippen molar-refractivity contribution in [3.63, 3.8) is 0 Å². The highest BCUT2D eigenvalue weighted by molar-refractivity contribution is 5.77. The number of morpholine rings is 1. The summed E-state index contributed by atoms with van der Waals surface area (Å²) in [4.78, 5) is 18.0. The molecule has 0 aliphatic carbocycles. The summed E-state index contributed by atoms with van der Waals surface area (Å²) in [5, 5.41) is 0. The third kappa shape index (κ3) is 9.82. The van der Waals surface area contributed by atoms with E-state index in [1.54, 1.807) is 0 Å². The summed E-state index contributed by atoms with van der Waals surface area (Å²) >= 11 is 0. The number of ether oxygens (including phenoxy) is 1. The van der Waals surface area contributed by atoms with Crippen LogP contribution >= 0.6 is 0 Å². The predicted octanol–water partition coefficient (Wildman–Crippen LogP) is 5.83. The van der Waals surface area contributed by atoms with Crippen LogP contribution in [0.3, 0.4) is 0 Å². The number of aryl methyl sites for hydroxylation is 1. The van der Waals surface area contributed by atoms with E-state index < -0.39 is 0 Å². The molecule has 2 aromatic carbocycles. The van der Waals surface area contributed by atoms with Gasteiger partial charge in [0.15, 0.2) is 0 Å². The second-order valence-corrected chi connectivity index (χ2v) is 9.28. The van der Waals surface area contributed by atoms with Crippen LogP contribution < -0.4 is 0 Å². The van der Waals surface area contributed by atoms with Crippen molar-refractivity contribution in [2.45, 2.75) is 51.9 Å². The van der Waals surface area contributed by atoms with Gasteiger partial charge in [0.05, 0.1) is 13.2 Å². The van der Waals surface area contributed by atoms with Crippen LogP contribution in [0.1, 0.15) is 56.6 Å². The van der Waals surface area contributed by atoms with E-state index in [0.29, 0.717) is 6.42 Å². The molecule has 0 radical (unpaired) electrons. The SMILES string of the molecule is CCCCC/C(=C\c1ccccc1)CN(CCCN1CCOCC1)C(=O)CCc1ccccc1. The average Bonchev–Trinajstić information content (AvgIpc) is 2.88. The minimum absolute atomic E-state index is 0.264. The third-order valence-corrected chi connectivity index (χ3v) is 6.49. The Kier molecular flexibility index (Phi) is 11.9. The molecule has 2 aromatic rings. The van der Waals surface area contributed by atoms with Gasteiger partial charge in [0.1, 0.15) is 0 Å². The number of unbranched alkanes of at least 4 members (excludes halogenated alkanes) is 2. The minimum atomic E-state index is 0.264. The second kappa shape index (κ2) is 15.5. The Morgan fingerprint density at radius 1 is 0.941 bits per heavy atom. The molecular formula is C30H42N2O2. The maximum atomic E-state index is 13.4. The van der Waals surface area contributed by atoms with E-state index in [2.05, 4.69) is 65.3 Å². The van der Waals surface area contributed by atoms with Crippen LogP contribution in [0.5, 0.6) is 0 Å². The number of hydrogen-bond acceptors (Lipinski definition) is 3. The zero-order valence-electron chi connectivity index (χ0n) is 21.0. The molecule has 0 saturated carbocycles. The molecule has 184 valence electrons. The molecule has 34 heavy (non-hydrogen) atoms. The molecule has 0 bridgehead atoms. The number of carbonyl (C=O) groups excluding carboxylic acids is 1. The van der Waals surface area contributed by atoms with Gasteiger partial charge in [-0.15, -0.1) is 0 Å². The summed E-state index contributed by atoms with van der Waals surface area (Å²) in [5.41, 5.74) is 3.81. The number of carbonyl (C=O) groups is 1. The second-order valence-electron chi connectivity index (χ2n) is 9.28. The standard InChI is InChI=1S/C30H42N2O2/c1-2-3-6-16-29(25-28-14-9-5-10-15-28)26-32(20-11-19-31-21-23-34-24-22-31)30(33)18-17-27-12-7-4-8-13-27/h4-5,7-10,12-15,25H,2-3,6,11,16-24,26H2,1H3/b29-25+. The molecule has 1 saturated heterocycles. The van der Waals surface area contributed by atoms with E-state index in [1.807, 2.05) is 18.2 Å². The fourth-order valence-electron chi connectivity index (χ4n) is 4.48. The zero-order valence-corrected chi connectivity index (χ0v) is 21.0. The Hall–Kier alpha value is -2.43. The van der Waals surface area contributed by atoms with Gasteiger partial charge in [0, 0.05) is 39.1 Å². The van der Waals surface area contributed by atoms with Crippen LogP contribution in [0.15, 0.2) is 66.2 Å². The van der Waals surface area contributed by atoms with Gasteiger partial charge >= 0.3 is 0 Å². The first-order valence-corrected chi connectivity index (χ1v) is 13.1. The molecule has 0 unspecified atom stereocenters. The van der Waals surface area contributed by atoms with Gasteiger partial charge in [-0.1, -0.05) is 92.1 Å². The Morgan fingerprint density at radius 3 is 2.35 bits per heavy atom. The van der Waals surface area contributed by atoms with E-state index >= 15 is 0 Å². The molecule has 0 aromatic heterocycles. The molecular weight excluding hydrogens is 420 g/mol. The van der Waals surface area contributed by atoms with Crippen molar-refractivity contribution < 1.29 is 9.53 Å². The van der Waals surface area contributed by atoms with E-state index in [4.69, 9.17) is 4.74 Å². The van der Waals surface area contributed by atoms with Crippen LogP contribution in [-0.2, 0) is 16.0 Å². The van der Waals surface area contributed by atoms with Crippen molar-refractivity contribution in [2.75, 3.05) is 45.9 Å². The summed E-state index contributed by atoms with van der Waals surface area (Å²) in [6.07, 6.45) is 9.33. The van der Waals surface area contributed by atoms with E-state index in [9.17, 15) is 4.79 Å². The van der Waals surface area contributed by atoms with Crippen LogP contribution in [0, 0.1) is 0 Å². The lowest BCUT2D eigenvalue weighted by molar-refractivity contribution is -0.130. The number of amides is 1. The van der Waals surface area contributed by atoms with Crippen LogP contribution in [0.25, 0.3) is 6.08 Å². The van der Waals surface area contributed by atoms with Gasteiger partial charge in [0.2, 0.25) is 5.91 Å². The van der Waals surface area contributed by atoms with Gasteiger partial charge < -0.3 is 9.64 Å². The Morgan fingerprint density at radius 2 is 1.65 bits per heavy atom. The zero-order chi connectivity index (χ0) is 23.8. The fraction of sp³-hybridized carbons (Fsp3) is 0.500. The first-order valence-electron chi connectivity index (χ1n) is 13.1. The summed E-state index contributed by atoms with van der Waals surface area (Å²) in [6.45, 7) is 8.45. The van der Waals surface area contributed by atoms with Crippen molar-refractivity contribution in [2.24, 2.45) is 0 Å².